The molecule has 0 saturated carbocycles. The van der Waals surface area contributed by atoms with E-state index in [1.165, 1.54) is 21.7 Å². The van der Waals surface area contributed by atoms with Gasteiger partial charge in [-0.25, -0.2) is 18.3 Å². The van der Waals surface area contributed by atoms with Crippen LogP contribution in [0.25, 0.3) is 11.3 Å². The molecule has 1 aromatic heterocycles. The molecule has 7 nitrogen and oxygen atoms in total. The lowest BCUT2D eigenvalue weighted by atomic mass is 10.0. The third-order valence-electron chi connectivity index (χ3n) is 5.81. The second-order valence-corrected chi connectivity index (χ2v) is 8.23. The third kappa shape index (κ3) is 5.25. The molecule has 0 unspecified atom stereocenters. The molecule has 1 amide bonds. The first-order valence-electron chi connectivity index (χ1n) is 10.6. The Bertz CT molecular complexity index is 1200. The Morgan fingerprint density at radius 1 is 1.09 bits per heavy atom. The number of likely N-dealkylation sites (tertiary alicyclic amines) is 1. The predicted octanol–water partition coefficient (Wildman–Crippen LogP) is 3.82. The fraction of sp³-hybridized carbons (Fsp3) is 0.292. The van der Waals surface area contributed by atoms with Gasteiger partial charge in [0, 0.05) is 29.4 Å². The van der Waals surface area contributed by atoms with Crippen LogP contribution in [0, 0.1) is 11.6 Å². The Labute approximate surface area is 189 Å². The zero-order chi connectivity index (χ0) is 23.5. The fourth-order valence-corrected chi connectivity index (χ4v) is 4.13. The van der Waals surface area contributed by atoms with Crippen molar-refractivity contribution in [3.8, 4) is 11.3 Å². The molecule has 0 bridgehead atoms. The van der Waals surface area contributed by atoms with Crippen LogP contribution in [-0.2, 0) is 6.54 Å². The molecule has 1 saturated heterocycles. The number of anilines is 1. The van der Waals surface area contributed by atoms with Crippen LogP contribution in [0.15, 0.2) is 59.4 Å². The molecule has 0 atom stereocenters. The highest BCUT2D eigenvalue weighted by Crippen LogP contribution is 2.25. The first kappa shape index (κ1) is 22.6. The molecule has 2 aromatic carbocycles. The molecule has 0 aliphatic carbocycles. The average Bonchev–Trinajstić information content (AvgIpc) is 2.76. The van der Waals surface area contributed by atoms with Crippen LogP contribution in [0.5, 0.6) is 0 Å². The van der Waals surface area contributed by atoms with Crippen LogP contribution in [0.4, 0.5) is 19.3 Å². The highest BCUT2D eigenvalue weighted by atomic mass is 19.1. The van der Waals surface area contributed by atoms with Gasteiger partial charge in [0.15, 0.2) is 0 Å². The number of carbonyl (C=O) groups is 1. The van der Waals surface area contributed by atoms with E-state index >= 15 is 0 Å². The quantitative estimate of drug-likeness (QED) is 0.634. The van der Waals surface area contributed by atoms with Crippen LogP contribution in [0.1, 0.15) is 18.4 Å². The lowest BCUT2D eigenvalue weighted by molar-refractivity contribution is 0.190. The van der Waals surface area contributed by atoms with Gasteiger partial charge in [-0.2, -0.15) is 5.10 Å². The lowest BCUT2D eigenvalue weighted by Gasteiger charge is -2.35. The first-order chi connectivity index (χ1) is 15.8. The van der Waals surface area contributed by atoms with E-state index in [1.54, 1.807) is 24.3 Å². The molecular formula is C24H24F2N4O3. The first-order valence-corrected chi connectivity index (χ1v) is 10.6. The molecule has 0 radical (unpaired) electrons. The molecule has 1 aliphatic heterocycles. The molecule has 2 heterocycles. The number of nitrogens with zero attached hydrogens (tertiary/aromatic N) is 4. The van der Waals surface area contributed by atoms with E-state index < -0.39 is 17.7 Å². The SMILES string of the molecule is CN1CCC(N(C(=O)O)c2cccc(Cn3nc(-c4cc(F)cc(F)c4)ccc3=O)c2)CC1. The van der Waals surface area contributed by atoms with Crippen molar-refractivity contribution in [2.24, 2.45) is 0 Å². The Kier molecular flexibility index (Phi) is 6.50. The summed E-state index contributed by atoms with van der Waals surface area (Å²) < 4.78 is 28.4. The maximum absolute atomic E-state index is 13.6. The zero-order valence-corrected chi connectivity index (χ0v) is 18.1. The second-order valence-electron chi connectivity index (χ2n) is 8.23. The lowest BCUT2D eigenvalue weighted by Crippen LogP contribution is -2.46. The Hall–Kier alpha value is -3.59. The second kappa shape index (κ2) is 9.50. The van der Waals surface area contributed by atoms with Crippen molar-refractivity contribution >= 4 is 11.8 Å². The van der Waals surface area contributed by atoms with Crippen molar-refractivity contribution in [1.82, 2.24) is 14.7 Å². The summed E-state index contributed by atoms with van der Waals surface area (Å²) in [6, 6.07) is 12.6. The number of benzene rings is 2. The Morgan fingerprint density at radius 2 is 1.79 bits per heavy atom. The minimum Gasteiger partial charge on any atom is -0.465 e. The summed E-state index contributed by atoms with van der Waals surface area (Å²) in [5.74, 6) is -1.47. The molecule has 4 rings (SSSR count). The minimum absolute atomic E-state index is 0.0825. The molecule has 172 valence electrons. The maximum Gasteiger partial charge on any atom is 0.412 e. The topological polar surface area (TPSA) is 78.7 Å². The van der Waals surface area contributed by atoms with Crippen LogP contribution in [0.2, 0.25) is 0 Å². The number of halogens is 2. The molecule has 1 N–H and O–H groups in total. The summed E-state index contributed by atoms with van der Waals surface area (Å²) in [4.78, 5) is 28.0. The van der Waals surface area contributed by atoms with Crippen molar-refractivity contribution in [2.45, 2.75) is 25.4 Å². The average molecular weight is 454 g/mol. The van der Waals surface area contributed by atoms with E-state index in [1.807, 2.05) is 7.05 Å². The number of amides is 1. The summed E-state index contributed by atoms with van der Waals surface area (Å²) >= 11 is 0. The molecule has 9 heteroatoms. The maximum atomic E-state index is 13.6. The van der Waals surface area contributed by atoms with E-state index in [0.29, 0.717) is 11.3 Å². The van der Waals surface area contributed by atoms with Crippen LogP contribution in [-0.4, -0.2) is 52.1 Å². The summed E-state index contributed by atoms with van der Waals surface area (Å²) in [5, 5.41) is 14.1. The third-order valence-corrected chi connectivity index (χ3v) is 5.81. The zero-order valence-electron chi connectivity index (χ0n) is 18.1. The number of rotatable bonds is 5. The van der Waals surface area contributed by atoms with Crippen molar-refractivity contribution in [1.29, 1.82) is 0 Å². The van der Waals surface area contributed by atoms with Gasteiger partial charge in [0.1, 0.15) is 11.6 Å². The van der Waals surface area contributed by atoms with Crippen LogP contribution < -0.4 is 10.5 Å². The molecule has 1 fully saturated rings. The van der Waals surface area contributed by atoms with Gasteiger partial charge >= 0.3 is 6.09 Å². The minimum atomic E-state index is -1.02. The van der Waals surface area contributed by atoms with E-state index in [4.69, 9.17) is 0 Å². The van der Waals surface area contributed by atoms with Gasteiger partial charge in [0.05, 0.1) is 12.2 Å². The predicted molar refractivity (Wildman–Crippen MR) is 120 cm³/mol. The Morgan fingerprint density at radius 3 is 2.45 bits per heavy atom. The van der Waals surface area contributed by atoms with E-state index in [0.717, 1.165) is 44.1 Å². The number of aromatic nitrogens is 2. The number of carboxylic acid groups (broad SMARTS) is 1. The standard InChI is InChI=1S/C24H24F2N4O3/c1-28-9-7-20(8-10-28)30(24(32)33)21-4-2-3-16(11-21)15-29-23(31)6-5-22(27-29)17-12-18(25)14-19(26)13-17/h2-6,11-14,20H,7-10,15H2,1H3,(H,32,33). The largest absolute Gasteiger partial charge is 0.465 e. The summed E-state index contributed by atoms with van der Waals surface area (Å²) in [5.41, 5.74) is 1.30. The van der Waals surface area contributed by atoms with Gasteiger partial charge in [0.2, 0.25) is 0 Å². The van der Waals surface area contributed by atoms with Crippen LogP contribution in [0.3, 0.4) is 0 Å². The highest BCUT2D eigenvalue weighted by Gasteiger charge is 2.28. The van der Waals surface area contributed by atoms with E-state index in [-0.39, 0.29) is 29.4 Å². The van der Waals surface area contributed by atoms with Gasteiger partial charge in [-0.15, -0.1) is 0 Å². The summed E-state index contributed by atoms with van der Waals surface area (Å²) in [6.07, 6.45) is 0.452. The molecule has 1 aliphatic rings. The normalized spacial score (nSPS) is 14.9. The Balaban J connectivity index is 1.62. The van der Waals surface area contributed by atoms with Gasteiger partial charge in [-0.3, -0.25) is 9.69 Å². The van der Waals surface area contributed by atoms with Gasteiger partial charge in [-0.05, 0) is 68.9 Å². The van der Waals surface area contributed by atoms with Crippen molar-refractivity contribution < 1.29 is 18.7 Å². The summed E-state index contributed by atoms with van der Waals surface area (Å²) in [6.45, 7) is 1.72. The van der Waals surface area contributed by atoms with Gasteiger partial charge < -0.3 is 10.0 Å². The van der Waals surface area contributed by atoms with Crippen molar-refractivity contribution in [3.05, 3.63) is 82.1 Å². The number of hydrogen-bond donors (Lipinski definition) is 1. The van der Waals surface area contributed by atoms with Crippen molar-refractivity contribution in [2.75, 3.05) is 25.0 Å². The van der Waals surface area contributed by atoms with Crippen LogP contribution >= 0.6 is 0 Å². The highest BCUT2D eigenvalue weighted by molar-refractivity contribution is 5.86. The molecule has 3 aromatic rings. The van der Waals surface area contributed by atoms with Crippen molar-refractivity contribution in [3.63, 3.8) is 0 Å². The molecule has 33 heavy (non-hydrogen) atoms. The monoisotopic (exact) mass is 454 g/mol. The van der Waals surface area contributed by atoms with Gasteiger partial charge in [-0.1, -0.05) is 12.1 Å². The molecular weight excluding hydrogens is 430 g/mol. The smallest absolute Gasteiger partial charge is 0.412 e. The summed E-state index contributed by atoms with van der Waals surface area (Å²) in [7, 11) is 2.01. The van der Waals surface area contributed by atoms with Gasteiger partial charge in [0.25, 0.3) is 5.56 Å². The molecule has 0 spiro atoms. The van der Waals surface area contributed by atoms with E-state index in [9.17, 15) is 23.5 Å². The van der Waals surface area contributed by atoms with E-state index in [2.05, 4.69) is 10.00 Å². The number of piperidine rings is 1. The number of hydrogen-bond acceptors (Lipinski definition) is 4. The fourth-order valence-electron chi connectivity index (χ4n) is 4.13.